The van der Waals surface area contributed by atoms with E-state index >= 15 is 0 Å². The smallest absolute Gasteiger partial charge is 0.151 e. The maximum absolute atomic E-state index is 5.20. The van der Waals surface area contributed by atoms with Gasteiger partial charge in [0.2, 0.25) is 0 Å². The van der Waals surface area contributed by atoms with E-state index in [-0.39, 0.29) is 12.4 Å². The van der Waals surface area contributed by atoms with E-state index in [4.69, 9.17) is 4.42 Å². The Labute approximate surface area is 94.7 Å². The van der Waals surface area contributed by atoms with Crippen molar-refractivity contribution in [3.05, 3.63) is 35.9 Å². The van der Waals surface area contributed by atoms with E-state index in [1.807, 2.05) is 32.3 Å². The van der Waals surface area contributed by atoms with Crippen LogP contribution in [0.5, 0.6) is 0 Å². The summed E-state index contributed by atoms with van der Waals surface area (Å²) in [6.45, 7) is 2.70. The molecule has 0 aliphatic rings. The Bertz CT molecular complexity index is 408. The van der Waals surface area contributed by atoms with Crippen molar-refractivity contribution >= 4 is 18.2 Å². The first kappa shape index (κ1) is 11.7. The Balaban J connectivity index is 0.00000112. The van der Waals surface area contributed by atoms with Crippen LogP contribution in [0, 0.1) is 6.92 Å². The zero-order chi connectivity index (χ0) is 9.97. The molecule has 0 spiro atoms. The van der Waals surface area contributed by atoms with Gasteiger partial charge in [0.05, 0.1) is 12.8 Å². The molecule has 1 N–H and O–H groups in total. The summed E-state index contributed by atoms with van der Waals surface area (Å²) < 4.78 is 7.00. The molecule has 0 bridgehead atoms. The lowest BCUT2D eigenvalue weighted by atomic mass is 10.3. The Morgan fingerprint density at radius 1 is 1.53 bits per heavy atom. The van der Waals surface area contributed by atoms with Crippen molar-refractivity contribution < 1.29 is 4.42 Å². The van der Waals surface area contributed by atoms with E-state index in [2.05, 4.69) is 10.4 Å². The quantitative estimate of drug-likeness (QED) is 0.876. The first-order chi connectivity index (χ1) is 6.75. The van der Waals surface area contributed by atoms with Gasteiger partial charge in [0.25, 0.3) is 0 Å². The number of halogens is 1. The average Bonchev–Trinajstić information content (AvgIpc) is 2.72. The largest absolute Gasteiger partial charge is 0.467 e. The summed E-state index contributed by atoms with van der Waals surface area (Å²) >= 11 is 0. The lowest BCUT2D eigenvalue weighted by Crippen LogP contribution is -2.00. The number of hydrogen-bond donors (Lipinski definition) is 1. The standard InChI is InChI=1S/C10H13N3O.ClH/c1-8-7-13(2)12-10(8)11-6-9-4-3-5-14-9;/h3-5,7H,6H2,1-2H3,(H,11,12);1H. The summed E-state index contributed by atoms with van der Waals surface area (Å²) in [5.41, 5.74) is 1.14. The zero-order valence-corrected chi connectivity index (χ0v) is 9.54. The summed E-state index contributed by atoms with van der Waals surface area (Å²) in [7, 11) is 1.91. The van der Waals surface area contributed by atoms with Crippen molar-refractivity contribution in [2.45, 2.75) is 13.5 Å². The number of furan rings is 1. The monoisotopic (exact) mass is 227 g/mol. The van der Waals surface area contributed by atoms with Crippen molar-refractivity contribution in [3.8, 4) is 0 Å². The van der Waals surface area contributed by atoms with Gasteiger partial charge in [-0.05, 0) is 19.1 Å². The molecular formula is C10H14ClN3O. The molecule has 15 heavy (non-hydrogen) atoms. The summed E-state index contributed by atoms with van der Waals surface area (Å²) in [5, 5.41) is 7.48. The maximum atomic E-state index is 5.20. The fourth-order valence-corrected chi connectivity index (χ4v) is 1.37. The average molecular weight is 228 g/mol. The van der Waals surface area contributed by atoms with Crippen LogP contribution in [-0.2, 0) is 13.6 Å². The summed E-state index contributed by atoms with van der Waals surface area (Å²) in [5.74, 6) is 1.82. The van der Waals surface area contributed by atoms with Crippen LogP contribution in [0.1, 0.15) is 11.3 Å². The third-order valence-corrected chi connectivity index (χ3v) is 2.02. The number of aryl methyl sites for hydroxylation is 2. The van der Waals surface area contributed by atoms with Crippen LogP contribution >= 0.6 is 12.4 Å². The zero-order valence-electron chi connectivity index (χ0n) is 8.73. The van der Waals surface area contributed by atoms with Crippen molar-refractivity contribution in [1.82, 2.24) is 9.78 Å². The molecule has 0 fully saturated rings. The predicted octanol–water partition coefficient (Wildman–Crippen LogP) is 2.36. The molecule has 0 aliphatic heterocycles. The van der Waals surface area contributed by atoms with E-state index in [1.54, 1.807) is 10.9 Å². The summed E-state index contributed by atoms with van der Waals surface area (Å²) in [6.07, 6.45) is 3.65. The van der Waals surface area contributed by atoms with Crippen LogP contribution in [0.25, 0.3) is 0 Å². The van der Waals surface area contributed by atoms with Crippen molar-refractivity contribution in [2.24, 2.45) is 7.05 Å². The molecule has 0 aromatic carbocycles. The molecule has 5 heteroatoms. The number of rotatable bonds is 3. The highest BCUT2D eigenvalue weighted by Gasteiger charge is 2.02. The van der Waals surface area contributed by atoms with Crippen LogP contribution in [-0.4, -0.2) is 9.78 Å². The summed E-state index contributed by atoms with van der Waals surface area (Å²) in [6, 6.07) is 3.81. The van der Waals surface area contributed by atoms with E-state index in [1.165, 1.54) is 0 Å². The highest BCUT2D eigenvalue weighted by atomic mass is 35.5. The number of hydrogen-bond acceptors (Lipinski definition) is 3. The minimum atomic E-state index is 0. The molecule has 0 atom stereocenters. The topological polar surface area (TPSA) is 43.0 Å². The van der Waals surface area contributed by atoms with Gasteiger partial charge < -0.3 is 9.73 Å². The van der Waals surface area contributed by atoms with Crippen LogP contribution in [0.4, 0.5) is 5.82 Å². The predicted molar refractivity (Wildman–Crippen MR) is 61.2 cm³/mol. The Morgan fingerprint density at radius 3 is 2.87 bits per heavy atom. The second kappa shape index (κ2) is 4.89. The molecular weight excluding hydrogens is 214 g/mol. The van der Waals surface area contributed by atoms with Crippen molar-refractivity contribution in [3.63, 3.8) is 0 Å². The highest BCUT2D eigenvalue weighted by molar-refractivity contribution is 5.85. The number of aromatic nitrogens is 2. The molecule has 2 rings (SSSR count). The molecule has 2 aromatic heterocycles. The Morgan fingerprint density at radius 2 is 2.33 bits per heavy atom. The molecule has 0 radical (unpaired) electrons. The fraction of sp³-hybridized carbons (Fsp3) is 0.300. The molecule has 2 aromatic rings. The molecule has 0 unspecified atom stereocenters. The fourth-order valence-electron chi connectivity index (χ4n) is 1.37. The normalized spacial score (nSPS) is 9.73. The van der Waals surface area contributed by atoms with E-state index in [0.717, 1.165) is 17.1 Å². The Hall–Kier alpha value is -1.42. The first-order valence-corrected chi connectivity index (χ1v) is 4.52. The highest BCUT2D eigenvalue weighted by Crippen LogP contribution is 2.12. The van der Waals surface area contributed by atoms with Gasteiger partial charge in [0.15, 0.2) is 5.82 Å². The van der Waals surface area contributed by atoms with Crippen molar-refractivity contribution in [2.75, 3.05) is 5.32 Å². The van der Waals surface area contributed by atoms with Crippen LogP contribution < -0.4 is 5.32 Å². The molecule has 0 amide bonds. The van der Waals surface area contributed by atoms with Gasteiger partial charge in [-0.1, -0.05) is 0 Å². The molecule has 0 saturated carbocycles. The SMILES string of the molecule is Cc1cn(C)nc1NCc1ccco1.Cl. The van der Waals surface area contributed by atoms with E-state index in [9.17, 15) is 0 Å². The molecule has 82 valence electrons. The molecule has 4 nitrogen and oxygen atoms in total. The minimum Gasteiger partial charge on any atom is -0.467 e. The molecule has 0 aliphatic carbocycles. The van der Waals surface area contributed by atoms with Gasteiger partial charge in [0, 0.05) is 18.8 Å². The van der Waals surface area contributed by atoms with Gasteiger partial charge in [-0.15, -0.1) is 12.4 Å². The maximum Gasteiger partial charge on any atom is 0.151 e. The summed E-state index contributed by atoms with van der Waals surface area (Å²) in [4.78, 5) is 0. The number of nitrogens with zero attached hydrogens (tertiary/aromatic N) is 2. The third kappa shape index (κ3) is 2.76. The lowest BCUT2D eigenvalue weighted by molar-refractivity contribution is 0.517. The minimum absolute atomic E-state index is 0. The van der Waals surface area contributed by atoms with Crippen molar-refractivity contribution in [1.29, 1.82) is 0 Å². The molecule has 2 heterocycles. The lowest BCUT2D eigenvalue weighted by Gasteiger charge is -2.00. The van der Waals surface area contributed by atoms with Crippen LogP contribution in [0.2, 0.25) is 0 Å². The van der Waals surface area contributed by atoms with Gasteiger partial charge in [0.1, 0.15) is 5.76 Å². The third-order valence-electron chi connectivity index (χ3n) is 2.02. The van der Waals surface area contributed by atoms with Gasteiger partial charge in [-0.3, -0.25) is 4.68 Å². The van der Waals surface area contributed by atoms with Gasteiger partial charge in [-0.2, -0.15) is 5.10 Å². The van der Waals surface area contributed by atoms with Gasteiger partial charge in [-0.25, -0.2) is 0 Å². The Kier molecular flexibility index (Phi) is 3.80. The van der Waals surface area contributed by atoms with Crippen LogP contribution in [0.15, 0.2) is 29.0 Å². The number of nitrogens with one attached hydrogen (secondary N) is 1. The molecule has 0 saturated heterocycles. The van der Waals surface area contributed by atoms with E-state index in [0.29, 0.717) is 6.54 Å². The number of anilines is 1. The van der Waals surface area contributed by atoms with E-state index < -0.39 is 0 Å². The first-order valence-electron chi connectivity index (χ1n) is 4.52. The second-order valence-corrected chi connectivity index (χ2v) is 3.27. The second-order valence-electron chi connectivity index (χ2n) is 3.27. The van der Waals surface area contributed by atoms with Gasteiger partial charge >= 0.3 is 0 Å². The van der Waals surface area contributed by atoms with Crippen LogP contribution in [0.3, 0.4) is 0 Å².